The number of benzene rings is 1. The molecule has 0 bridgehead atoms. The van der Waals surface area contributed by atoms with Gasteiger partial charge in [-0.1, -0.05) is 13.8 Å². The smallest absolute Gasteiger partial charge is 0.224 e. The van der Waals surface area contributed by atoms with E-state index in [0.29, 0.717) is 12.5 Å². The lowest BCUT2D eigenvalue weighted by molar-refractivity contribution is -0.116. The first-order valence-corrected chi connectivity index (χ1v) is 6.84. The van der Waals surface area contributed by atoms with E-state index in [-0.39, 0.29) is 17.4 Å². The molecule has 0 saturated heterocycles. The van der Waals surface area contributed by atoms with Crippen LogP contribution in [-0.2, 0) is 11.2 Å². The van der Waals surface area contributed by atoms with E-state index in [2.05, 4.69) is 30.5 Å². The third-order valence-corrected chi connectivity index (χ3v) is 4.56. The van der Waals surface area contributed by atoms with Crippen LogP contribution in [-0.4, -0.2) is 23.2 Å². The Morgan fingerprint density at radius 3 is 2.84 bits per heavy atom. The van der Waals surface area contributed by atoms with Gasteiger partial charge in [0.15, 0.2) is 0 Å². The Morgan fingerprint density at radius 2 is 2.16 bits per heavy atom. The molecule has 102 valence electrons. The van der Waals surface area contributed by atoms with E-state index in [1.54, 1.807) is 0 Å². The molecule has 1 aromatic rings. The average Bonchev–Trinajstić information content (AvgIpc) is 2.38. The number of fused-ring (bicyclic) bond motifs is 1. The Balaban J connectivity index is 1.75. The van der Waals surface area contributed by atoms with Crippen molar-refractivity contribution in [3.05, 3.63) is 23.8 Å². The molecule has 1 aliphatic heterocycles. The van der Waals surface area contributed by atoms with Crippen LogP contribution < -0.4 is 10.6 Å². The minimum absolute atomic E-state index is 0.0792. The summed E-state index contributed by atoms with van der Waals surface area (Å²) in [5.74, 6) is 0.0939. The molecule has 2 aliphatic rings. The van der Waals surface area contributed by atoms with Crippen LogP contribution in [0, 0.1) is 5.41 Å². The Labute approximate surface area is 113 Å². The summed E-state index contributed by atoms with van der Waals surface area (Å²) in [7, 11) is 0. The highest BCUT2D eigenvalue weighted by molar-refractivity contribution is 5.94. The lowest BCUT2D eigenvalue weighted by Gasteiger charge is -2.50. The maximum absolute atomic E-state index is 11.3. The number of hydrogen-bond donors (Lipinski definition) is 3. The van der Waals surface area contributed by atoms with Gasteiger partial charge in [-0.25, -0.2) is 0 Å². The summed E-state index contributed by atoms with van der Waals surface area (Å²) in [6, 6.07) is 6.36. The van der Waals surface area contributed by atoms with Crippen molar-refractivity contribution in [3.8, 4) is 0 Å². The molecule has 4 nitrogen and oxygen atoms in total. The van der Waals surface area contributed by atoms with Gasteiger partial charge in [0.1, 0.15) is 0 Å². The molecule has 1 amide bonds. The maximum atomic E-state index is 11.3. The number of hydrogen-bond acceptors (Lipinski definition) is 3. The van der Waals surface area contributed by atoms with E-state index in [0.717, 1.165) is 24.2 Å². The fraction of sp³-hybridized carbons (Fsp3) is 0.533. The fourth-order valence-electron chi connectivity index (χ4n) is 2.82. The summed E-state index contributed by atoms with van der Waals surface area (Å²) in [5.41, 5.74) is 3.10. The summed E-state index contributed by atoms with van der Waals surface area (Å²) in [6.07, 6.45) is 1.93. The molecule has 2 unspecified atom stereocenters. The van der Waals surface area contributed by atoms with E-state index < -0.39 is 0 Å². The lowest BCUT2D eigenvalue weighted by Crippen LogP contribution is -2.56. The number of aliphatic hydroxyl groups excluding tert-OH is 1. The quantitative estimate of drug-likeness (QED) is 0.763. The topological polar surface area (TPSA) is 61.4 Å². The van der Waals surface area contributed by atoms with Crippen LogP contribution in [0.15, 0.2) is 18.2 Å². The summed E-state index contributed by atoms with van der Waals surface area (Å²) < 4.78 is 0. The van der Waals surface area contributed by atoms with E-state index in [9.17, 15) is 9.90 Å². The number of aryl methyl sites for hydroxylation is 1. The van der Waals surface area contributed by atoms with Gasteiger partial charge in [0, 0.05) is 29.3 Å². The molecule has 1 heterocycles. The number of nitrogens with one attached hydrogen (secondary N) is 2. The number of carbonyl (C=O) groups is 1. The zero-order valence-electron chi connectivity index (χ0n) is 11.4. The molecular weight excluding hydrogens is 240 g/mol. The van der Waals surface area contributed by atoms with Gasteiger partial charge in [-0.05, 0) is 36.6 Å². The standard InChI is InChI=1S/C15H20N2O2/c1-15(2)12(8-13(15)18)16-10-4-5-11-9(7-10)3-6-14(19)17-11/h4-5,7,12-13,16,18H,3,6,8H2,1-2H3,(H,17,19). The number of amides is 1. The van der Waals surface area contributed by atoms with Crippen LogP contribution in [0.2, 0.25) is 0 Å². The number of carbonyl (C=O) groups excluding carboxylic acids is 1. The molecule has 0 spiro atoms. The minimum Gasteiger partial charge on any atom is -0.392 e. The number of rotatable bonds is 2. The normalized spacial score (nSPS) is 28.1. The van der Waals surface area contributed by atoms with Crippen LogP contribution in [0.25, 0.3) is 0 Å². The molecule has 1 saturated carbocycles. The second-order valence-electron chi connectivity index (χ2n) is 6.19. The number of aliphatic hydroxyl groups is 1. The van der Waals surface area contributed by atoms with Crippen molar-refractivity contribution in [2.45, 2.75) is 45.3 Å². The van der Waals surface area contributed by atoms with Crippen molar-refractivity contribution in [2.75, 3.05) is 10.6 Å². The first-order valence-electron chi connectivity index (χ1n) is 6.84. The van der Waals surface area contributed by atoms with E-state index in [1.807, 2.05) is 12.1 Å². The van der Waals surface area contributed by atoms with Gasteiger partial charge >= 0.3 is 0 Å². The van der Waals surface area contributed by atoms with Crippen molar-refractivity contribution in [2.24, 2.45) is 5.41 Å². The van der Waals surface area contributed by atoms with Crippen LogP contribution in [0.3, 0.4) is 0 Å². The molecule has 1 aliphatic carbocycles. The predicted octanol–water partition coefficient (Wildman–Crippen LogP) is 2.14. The Kier molecular flexibility index (Phi) is 2.78. The van der Waals surface area contributed by atoms with Crippen molar-refractivity contribution >= 4 is 17.3 Å². The van der Waals surface area contributed by atoms with Crippen LogP contribution >= 0.6 is 0 Å². The monoisotopic (exact) mass is 260 g/mol. The van der Waals surface area contributed by atoms with Gasteiger partial charge in [-0.15, -0.1) is 0 Å². The van der Waals surface area contributed by atoms with Gasteiger partial charge in [-0.3, -0.25) is 4.79 Å². The Hall–Kier alpha value is -1.55. The molecule has 1 aromatic carbocycles. The molecule has 1 fully saturated rings. The van der Waals surface area contributed by atoms with Gasteiger partial charge < -0.3 is 15.7 Å². The predicted molar refractivity (Wildman–Crippen MR) is 75.2 cm³/mol. The third-order valence-electron chi connectivity index (χ3n) is 4.56. The second kappa shape index (κ2) is 4.23. The van der Waals surface area contributed by atoms with Gasteiger partial charge in [-0.2, -0.15) is 0 Å². The average molecular weight is 260 g/mol. The third kappa shape index (κ3) is 2.10. The summed E-state index contributed by atoms with van der Waals surface area (Å²) in [5, 5.41) is 16.1. The van der Waals surface area contributed by atoms with E-state index in [4.69, 9.17) is 0 Å². The number of anilines is 2. The highest BCUT2D eigenvalue weighted by Crippen LogP contribution is 2.42. The molecule has 2 atom stereocenters. The molecule has 3 N–H and O–H groups in total. The van der Waals surface area contributed by atoms with Gasteiger partial charge in [0.25, 0.3) is 0 Å². The minimum atomic E-state index is -0.220. The second-order valence-corrected chi connectivity index (χ2v) is 6.19. The SMILES string of the molecule is CC1(C)C(O)CC1Nc1ccc2c(c1)CCC(=O)N2. The molecular formula is C15H20N2O2. The van der Waals surface area contributed by atoms with Crippen molar-refractivity contribution in [3.63, 3.8) is 0 Å². The molecule has 19 heavy (non-hydrogen) atoms. The fourth-order valence-corrected chi connectivity index (χ4v) is 2.82. The first kappa shape index (κ1) is 12.5. The van der Waals surface area contributed by atoms with Crippen LogP contribution in [0.1, 0.15) is 32.3 Å². The lowest BCUT2D eigenvalue weighted by atomic mass is 9.64. The van der Waals surface area contributed by atoms with Crippen molar-refractivity contribution in [1.82, 2.24) is 0 Å². The Morgan fingerprint density at radius 1 is 1.37 bits per heavy atom. The van der Waals surface area contributed by atoms with Crippen molar-refractivity contribution < 1.29 is 9.90 Å². The molecule has 0 radical (unpaired) electrons. The van der Waals surface area contributed by atoms with Crippen molar-refractivity contribution in [1.29, 1.82) is 0 Å². The summed E-state index contributed by atoms with van der Waals surface area (Å²) in [6.45, 7) is 4.16. The molecule has 4 heteroatoms. The summed E-state index contributed by atoms with van der Waals surface area (Å²) in [4.78, 5) is 11.3. The van der Waals surface area contributed by atoms with E-state index in [1.165, 1.54) is 5.56 Å². The van der Waals surface area contributed by atoms with E-state index >= 15 is 0 Å². The van der Waals surface area contributed by atoms with Gasteiger partial charge in [0.2, 0.25) is 5.91 Å². The first-order chi connectivity index (χ1) is 8.96. The zero-order chi connectivity index (χ0) is 13.6. The largest absolute Gasteiger partial charge is 0.392 e. The highest BCUT2D eigenvalue weighted by atomic mass is 16.3. The maximum Gasteiger partial charge on any atom is 0.224 e. The van der Waals surface area contributed by atoms with Crippen LogP contribution in [0.5, 0.6) is 0 Å². The molecule has 0 aromatic heterocycles. The highest BCUT2D eigenvalue weighted by Gasteiger charge is 2.47. The molecule has 3 rings (SSSR count). The van der Waals surface area contributed by atoms with Crippen LogP contribution in [0.4, 0.5) is 11.4 Å². The zero-order valence-corrected chi connectivity index (χ0v) is 11.4. The summed E-state index contributed by atoms with van der Waals surface area (Å²) >= 11 is 0. The Bertz CT molecular complexity index is 525. The van der Waals surface area contributed by atoms with Gasteiger partial charge in [0.05, 0.1) is 6.10 Å².